The molecule has 4 N–H and O–H groups in total. The van der Waals surface area contributed by atoms with Crippen molar-refractivity contribution in [2.75, 3.05) is 23.0 Å². The Morgan fingerprint density at radius 2 is 1.81 bits per heavy atom. The summed E-state index contributed by atoms with van der Waals surface area (Å²) in [5.41, 5.74) is 6.03. The first-order valence-corrected chi connectivity index (χ1v) is 11.4. The van der Waals surface area contributed by atoms with Gasteiger partial charge in [0.25, 0.3) is 0 Å². The van der Waals surface area contributed by atoms with Gasteiger partial charge < -0.3 is 30.3 Å². The van der Waals surface area contributed by atoms with Crippen molar-refractivity contribution in [2.45, 2.75) is 38.7 Å². The third-order valence-electron chi connectivity index (χ3n) is 5.68. The van der Waals surface area contributed by atoms with E-state index in [0.29, 0.717) is 38.0 Å². The minimum Gasteiger partial charge on any atom is -0.487 e. The van der Waals surface area contributed by atoms with Crippen LogP contribution in [0.25, 0.3) is 0 Å². The number of halogens is 2. The highest BCUT2D eigenvalue weighted by atomic mass is 19.1. The number of nitrogens with two attached hydrogens (primary N) is 1. The van der Waals surface area contributed by atoms with Crippen LogP contribution in [0, 0.1) is 17.6 Å². The quantitative estimate of drug-likeness (QED) is 0.302. The second-order valence-electron chi connectivity index (χ2n) is 8.18. The van der Waals surface area contributed by atoms with Gasteiger partial charge in [-0.2, -0.15) is 0 Å². The number of carbonyl (C=O) groups excluding carboxylic acids is 2. The Balaban J connectivity index is 1.39. The maximum absolute atomic E-state index is 15.2. The molecule has 1 fully saturated rings. The lowest BCUT2D eigenvalue weighted by molar-refractivity contribution is -0.149. The molecule has 1 aliphatic rings. The summed E-state index contributed by atoms with van der Waals surface area (Å²) in [6.45, 7) is 2.09. The van der Waals surface area contributed by atoms with Crippen molar-refractivity contribution in [1.29, 1.82) is 0 Å². The largest absolute Gasteiger partial charge is 0.487 e. The Bertz CT molecular complexity index is 1230. The van der Waals surface area contributed by atoms with Crippen LogP contribution in [-0.4, -0.2) is 34.8 Å². The zero-order valence-electron chi connectivity index (χ0n) is 19.4. The highest BCUT2D eigenvalue weighted by Gasteiger charge is 2.29. The van der Waals surface area contributed by atoms with E-state index in [-0.39, 0.29) is 41.1 Å². The zero-order valence-corrected chi connectivity index (χ0v) is 19.4. The van der Waals surface area contributed by atoms with Crippen molar-refractivity contribution < 1.29 is 32.3 Å². The molecule has 12 heteroatoms. The fourth-order valence-electron chi connectivity index (χ4n) is 3.84. The fraction of sp³-hybridized carbons (Fsp3) is 0.333. The topological polar surface area (TPSA) is 142 Å². The first-order valence-electron chi connectivity index (χ1n) is 11.4. The predicted octanol–water partition coefficient (Wildman–Crippen LogP) is 4.43. The summed E-state index contributed by atoms with van der Waals surface area (Å²) >= 11 is 0. The van der Waals surface area contributed by atoms with Gasteiger partial charge in [-0.15, -0.1) is 5.10 Å². The second kappa shape index (κ2) is 11.0. The van der Waals surface area contributed by atoms with E-state index in [1.807, 2.05) is 0 Å². The van der Waals surface area contributed by atoms with Gasteiger partial charge in [-0.25, -0.2) is 8.78 Å². The standard InChI is InChI=1S/C24H25F2N5O5/c1-2-34-23(33)13-3-9-16(10-4-13)35-18-12-11-17(27)20(19(18)26)29-21(32)22-30-31-24(36-22)28-15-7-5-14(25)6-8-15/h5-8,11-13,16H,2-4,9-10,27H2,1H3,(H,28,31)(H,29,32). The molecule has 0 spiro atoms. The van der Waals surface area contributed by atoms with Crippen LogP contribution in [-0.2, 0) is 9.53 Å². The maximum Gasteiger partial charge on any atom is 0.320 e. The van der Waals surface area contributed by atoms with Crippen LogP contribution >= 0.6 is 0 Å². The molecule has 1 aliphatic carbocycles. The number of nitrogen functional groups attached to an aromatic ring is 1. The number of ether oxygens (including phenoxy) is 2. The molecule has 0 aliphatic heterocycles. The number of aromatic nitrogens is 2. The molecule has 0 unspecified atom stereocenters. The smallest absolute Gasteiger partial charge is 0.320 e. The molecule has 1 amide bonds. The van der Waals surface area contributed by atoms with Gasteiger partial charge in [-0.05, 0) is 69.0 Å². The van der Waals surface area contributed by atoms with Crippen LogP contribution in [0.2, 0.25) is 0 Å². The number of amides is 1. The monoisotopic (exact) mass is 501 g/mol. The highest BCUT2D eigenvalue weighted by molar-refractivity contribution is 6.03. The molecule has 190 valence electrons. The predicted molar refractivity (Wildman–Crippen MR) is 126 cm³/mol. The minimum absolute atomic E-state index is 0.0246. The van der Waals surface area contributed by atoms with Crippen LogP contribution in [0.3, 0.4) is 0 Å². The molecule has 0 saturated heterocycles. The molecule has 1 aromatic heterocycles. The van der Waals surface area contributed by atoms with Crippen LogP contribution in [0.4, 0.5) is 31.9 Å². The van der Waals surface area contributed by atoms with Crippen LogP contribution in [0.1, 0.15) is 43.3 Å². The van der Waals surface area contributed by atoms with Gasteiger partial charge in [0.15, 0.2) is 11.6 Å². The number of hydrogen-bond donors (Lipinski definition) is 3. The molecule has 3 aromatic rings. The summed E-state index contributed by atoms with van der Waals surface area (Å²) in [5.74, 6) is -3.08. The molecule has 0 bridgehead atoms. The Morgan fingerprint density at radius 3 is 2.50 bits per heavy atom. The van der Waals surface area contributed by atoms with E-state index in [9.17, 15) is 14.0 Å². The van der Waals surface area contributed by atoms with E-state index in [2.05, 4.69) is 20.8 Å². The molecule has 36 heavy (non-hydrogen) atoms. The Labute approximate surface area is 205 Å². The number of nitrogens with one attached hydrogen (secondary N) is 2. The summed E-state index contributed by atoms with van der Waals surface area (Å²) in [4.78, 5) is 24.5. The van der Waals surface area contributed by atoms with Crippen molar-refractivity contribution in [3.8, 4) is 5.75 Å². The molecule has 10 nitrogen and oxygen atoms in total. The Kier molecular flexibility index (Phi) is 7.62. The van der Waals surface area contributed by atoms with Crippen molar-refractivity contribution in [2.24, 2.45) is 5.92 Å². The number of hydrogen-bond acceptors (Lipinski definition) is 9. The van der Waals surface area contributed by atoms with Crippen molar-refractivity contribution >= 4 is 35.0 Å². The average Bonchev–Trinajstić information content (AvgIpc) is 3.34. The van der Waals surface area contributed by atoms with E-state index >= 15 is 4.39 Å². The van der Waals surface area contributed by atoms with E-state index in [0.717, 1.165) is 0 Å². The van der Waals surface area contributed by atoms with Gasteiger partial charge in [0.2, 0.25) is 0 Å². The normalized spacial score (nSPS) is 17.3. The van der Waals surface area contributed by atoms with Crippen LogP contribution in [0.5, 0.6) is 5.75 Å². The summed E-state index contributed by atoms with van der Waals surface area (Å²) in [7, 11) is 0. The van der Waals surface area contributed by atoms with Crippen LogP contribution < -0.4 is 21.1 Å². The SMILES string of the molecule is CCOC(=O)C1CCC(Oc2ccc(N)c(NC(=O)c3nnc(Nc4ccc(F)cc4)o3)c2F)CC1. The van der Waals surface area contributed by atoms with Gasteiger partial charge in [-0.1, -0.05) is 5.10 Å². The van der Waals surface area contributed by atoms with Gasteiger partial charge in [0.05, 0.1) is 24.3 Å². The van der Waals surface area contributed by atoms with Crippen LogP contribution in [0.15, 0.2) is 40.8 Å². The third kappa shape index (κ3) is 5.88. The molecule has 1 heterocycles. The van der Waals surface area contributed by atoms with Crippen molar-refractivity contribution in [3.63, 3.8) is 0 Å². The number of carbonyl (C=O) groups is 2. The van der Waals surface area contributed by atoms with E-state index in [1.165, 1.54) is 36.4 Å². The summed E-state index contributed by atoms with van der Waals surface area (Å²) < 4.78 is 44.4. The fourth-order valence-corrected chi connectivity index (χ4v) is 3.84. The lowest BCUT2D eigenvalue weighted by Gasteiger charge is -2.28. The molecular weight excluding hydrogens is 476 g/mol. The average molecular weight is 501 g/mol. The maximum atomic E-state index is 15.2. The van der Waals surface area contributed by atoms with E-state index in [4.69, 9.17) is 19.6 Å². The van der Waals surface area contributed by atoms with Gasteiger partial charge in [-0.3, -0.25) is 9.59 Å². The van der Waals surface area contributed by atoms with Gasteiger partial charge in [0, 0.05) is 5.69 Å². The summed E-state index contributed by atoms with van der Waals surface area (Å²) in [6.07, 6.45) is 1.97. The number of rotatable bonds is 8. The highest BCUT2D eigenvalue weighted by Crippen LogP contribution is 2.34. The zero-order chi connectivity index (χ0) is 25.7. The Hall–Kier alpha value is -4.22. The summed E-state index contributed by atoms with van der Waals surface area (Å²) in [6, 6.07) is 8.05. The molecule has 0 atom stereocenters. The molecule has 2 aromatic carbocycles. The van der Waals surface area contributed by atoms with Crippen molar-refractivity contribution in [1.82, 2.24) is 10.2 Å². The molecular formula is C24H25F2N5O5. The first-order chi connectivity index (χ1) is 17.3. The lowest BCUT2D eigenvalue weighted by Crippen LogP contribution is -2.29. The third-order valence-corrected chi connectivity index (χ3v) is 5.68. The molecule has 0 radical (unpaired) electrons. The first kappa shape index (κ1) is 24.9. The number of esters is 1. The Morgan fingerprint density at radius 1 is 1.08 bits per heavy atom. The minimum atomic E-state index is -0.882. The van der Waals surface area contributed by atoms with E-state index in [1.54, 1.807) is 6.92 Å². The number of nitrogens with zero attached hydrogens (tertiary/aromatic N) is 2. The van der Waals surface area contributed by atoms with E-state index < -0.39 is 23.4 Å². The van der Waals surface area contributed by atoms with Gasteiger partial charge in [0.1, 0.15) is 11.5 Å². The number of anilines is 4. The molecule has 1 saturated carbocycles. The number of benzene rings is 2. The second-order valence-corrected chi connectivity index (χ2v) is 8.18. The molecule has 4 rings (SSSR count). The summed E-state index contributed by atoms with van der Waals surface area (Å²) in [5, 5.41) is 12.4. The van der Waals surface area contributed by atoms with Crippen molar-refractivity contribution in [3.05, 3.63) is 53.9 Å². The lowest BCUT2D eigenvalue weighted by atomic mass is 9.87. The van der Waals surface area contributed by atoms with Gasteiger partial charge >= 0.3 is 23.8 Å².